The van der Waals surface area contributed by atoms with Crippen LogP contribution in [-0.4, -0.2) is 11.6 Å². The number of nitriles is 1. The van der Waals surface area contributed by atoms with Crippen molar-refractivity contribution in [1.82, 2.24) is 0 Å². The summed E-state index contributed by atoms with van der Waals surface area (Å²) in [5.41, 5.74) is -1.12. The molecule has 0 radical (unpaired) electrons. The van der Waals surface area contributed by atoms with Gasteiger partial charge in [0.2, 0.25) is 0 Å². The Morgan fingerprint density at radius 1 is 1.43 bits per heavy atom. The Kier molecular flexibility index (Phi) is 1.57. The maximum Gasteiger partial charge on any atom is 0.314 e. The van der Waals surface area contributed by atoms with Crippen LogP contribution in [0, 0.1) is 22.2 Å². The summed E-state index contributed by atoms with van der Waals surface area (Å²) in [6.45, 7) is 6.07. The van der Waals surface area contributed by atoms with Crippen LogP contribution in [0.3, 0.4) is 0 Å². The Morgan fingerprint density at radius 3 is 2.43 bits per heavy atom. The van der Waals surface area contributed by atoms with E-state index in [2.05, 4.69) is 6.07 Å². The number of ether oxygens (including phenoxy) is 1. The van der Waals surface area contributed by atoms with Gasteiger partial charge in [-0.25, -0.2) is 0 Å². The molecule has 2 rings (SSSR count). The van der Waals surface area contributed by atoms with Crippen LogP contribution in [0.4, 0.5) is 0 Å². The van der Waals surface area contributed by atoms with Gasteiger partial charge in [0.1, 0.15) is 5.60 Å². The monoisotopic (exact) mass is 193 g/mol. The first kappa shape index (κ1) is 9.51. The first-order valence-corrected chi connectivity index (χ1v) is 5.00. The van der Waals surface area contributed by atoms with Gasteiger partial charge in [-0.3, -0.25) is 4.79 Å². The molecule has 3 heteroatoms. The standard InChI is InChI=1S/C11H15NO2/c1-9(2)10(3)4-5-11(9,6-7-12)8(13)14-10/h4-6H2,1-3H3/t10-,11-/m0/s1. The van der Waals surface area contributed by atoms with E-state index in [-0.39, 0.29) is 23.4 Å². The highest BCUT2D eigenvalue weighted by Crippen LogP contribution is 2.66. The molecule has 0 N–H and O–H groups in total. The zero-order valence-corrected chi connectivity index (χ0v) is 8.89. The highest BCUT2D eigenvalue weighted by Gasteiger charge is 2.72. The second-order valence-electron chi connectivity index (χ2n) is 5.16. The fourth-order valence-electron chi connectivity index (χ4n) is 2.94. The molecular weight excluding hydrogens is 178 g/mol. The summed E-state index contributed by atoms with van der Waals surface area (Å²) in [7, 11) is 0. The molecule has 2 bridgehead atoms. The number of carbonyl (C=O) groups is 1. The van der Waals surface area contributed by atoms with E-state index in [1.54, 1.807) is 0 Å². The molecule has 0 amide bonds. The van der Waals surface area contributed by atoms with Crippen LogP contribution >= 0.6 is 0 Å². The average Bonchev–Trinajstić information content (AvgIpc) is 2.34. The Bertz CT molecular complexity index is 342. The second kappa shape index (κ2) is 2.31. The van der Waals surface area contributed by atoms with Crippen LogP contribution in [0.25, 0.3) is 0 Å². The third kappa shape index (κ3) is 0.716. The van der Waals surface area contributed by atoms with E-state index < -0.39 is 5.41 Å². The van der Waals surface area contributed by atoms with Crippen molar-refractivity contribution in [3.05, 3.63) is 0 Å². The van der Waals surface area contributed by atoms with E-state index >= 15 is 0 Å². The van der Waals surface area contributed by atoms with E-state index in [1.165, 1.54) is 0 Å². The van der Waals surface area contributed by atoms with Crippen LogP contribution in [0.5, 0.6) is 0 Å². The Balaban J connectivity index is 2.52. The number of hydrogen-bond acceptors (Lipinski definition) is 3. The summed E-state index contributed by atoms with van der Waals surface area (Å²) in [5, 5.41) is 8.82. The van der Waals surface area contributed by atoms with E-state index in [1.807, 2.05) is 20.8 Å². The number of carbonyl (C=O) groups excluding carboxylic acids is 1. The van der Waals surface area contributed by atoms with Crippen LogP contribution in [0.2, 0.25) is 0 Å². The van der Waals surface area contributed by atoms with Crippen molar-refractivity contribution in [2.75, 3.05) is 0 Å². The molecule has 0 spiro atoms. The molecule has 0 aromatic heterocycles. The highest BCUT2D eigenvalue weighted by molar-refractivity contribution is 5.83. The molecule has 0 unspecified atom stereocenters. The van der Waals surface area contributed by atoms with Gasteiger partial charge in [0.05, 0.1) is 17.9 Å². The number of hydrogen-bond donors (Lipinski definition) is 0. The van der Waals surface area contributed by atoms with Gasteiger partial charge in [0.15, 0.2) is 0 Å². The van der Waals surface area contributed by atoms with Gasteiger partial charge in [-0.2, -0.15) is 5.26 Å². The average molecular weight is 193 g/mol. The van der Waals surface area contributed by atoms with E-state index in [4.69, 9.17) is 10.00 Å². The maximum absolute atomic E-state index is 11.8. The number of esters is 1. The topological polar surface area (TPSA) is 50.1 Å². The quantitative estimate of drug-likeness (QED) is 0.598. The van der Waals surface area contributed by atoms with Gasteiger partial charge in [-0.1, -0.05) is 13.8 Å². The summed E-state index contributed by atoms with van der Waals surface area (Å²) in [5.74, 6) is -0.169. The molecule has 14 heavy (non-hydrogen) atoms. The molecular formula is C11H15NO2. The molecule has 3 nitrogen and oxygen atoms in total. The molecule has 2 fully saturated rings. The van der Waals surface area contributed by atoms with Crippen LogP contribution in [-0.2, 0) is 9.53 Å². The summed E-state index contributed by atoms with van der Waals surface area (Å²) in [6, 6.07) is 2.13. The lowest BCUT2D eigenvalue weighted by Crippen LogP contribution is -2.39. The largest absolute Gasteiger partial charge is 0.458 e. The first-order chi connectivity index (χ1) is 6.40. The zero-order valence-electron chi connectivity index (χ0n) is 8.89. The molecule has 2 atom stereocenters. The fourth-order valence-corrected chi connectivity index (χ4v) is 2.94. The molecule has 2 aliphatic rings. The molecule has 1 aliphatic carbocycles. The molecule has 0 aromatic rings. The van der Waals surface area contributed by atoms with Crippen molar-refractivity contribution in [3.8, 4) is 6.07 Å². The Labute approximate surface area is 84.0 Å². The summed E-state index contributed by atoms with van der Waals surface area (Å²) in [6.07, 6.45) is 1.96. The lowest BCUT2D eigenvalue weighted by molar-refractivity contribution is -0.159. The highest BCUT2D eigenvalue weighted by atomic mass is 16.6. The maximum atomic E-state index is 11.8. The smallest absolute Gasteiger partial charge is 0.314 e. The second-order valence-corrected chi connectivity index (χ2v) is 5.16. The molecule has 1 saturated carbocycles. The van der Waals surface area contributed by atoms with Crippen molar-refractivity contribution in [2.45, 2.75) is 45.6 Å². The molecule has 1 saturated heterocycles. The van der Waals surface area contributed by atoms with E-state index in [0.29, 0.717) is 0 Å². The Morgan fingerprint density at radius 2 is 2.07 bits per heavy atom. The van der Waals surface area contributed by atoms with Crippen molar-refractivity contribution in [1.29, 1.82) is 5.26 Å². The van der Waals surface area contributed by atoms with E-state index in [9.17, 15) is 4.79 Å². The van der Waals surface area contributed by atoms with Gasteiger partial charge < -0.3 is 4.74 Å². The lowest BCUT2D eigenvalue weighted by Gasteiger charge is -2.34. The van der Waals surface area contributed by atoms with Crippen LogP contribution < -0.4 is 0 Å². The number of rotatable bonds is 1. The molecule has 1 heterocycles. The lowest BCUT2D eigenvalue weighted by atomic mass is 9.64. The zero-order chi connectivity index (χ0) is 10.6. The van der Waals surface area contributed by atoms with Crippen LogP contribution in [0.15, 0.2) is 0 Å². The first-order valence-electron chi connectivity index (χ1n) is 5.00. The van der Waals surface area contributed by atoms with Gasteiger partial charge in [0.25, 0.3) is 0 Å². The van der Waals surface area contributed by atoms with Crippen molar-refractivity contribution in [3.63, 3.8) is 0 Å². The van der Waals surface area contributed by atoms with Gasteiger partial charge in [0, 0.05) is 5.41 Å². The minimum atomic E-state index is -0.545. The fraction of sp³-hybridized carbons (Fsp3) is 0.818. The SMILES string of the molecule is CC1(C)[C@]2(CC#N)CC[C@]1(C)OC2=O. The third-order valence-electron chi connectivity index (χ3n) is 4.64. The van der Waals surface area contributed by atoms with Crippen molar-refractivity contribution < 1.29 is 9.53 Å². The predicted octanol–water partition coefficient (Wildman–Crippen LogP) is 2.02. The third-order valence-corrected chi connectivity index (χ3v) is 4.64. The van der Waals surface area contributed by atoms with E-state index in [0.717, 1.165) is 12.8 Å². The predicted molar refractivity (Wildman–Crippen MR) is 50.2 cm³/mol. The van der Waals surface area contributed by atoms with Crippen LogP contribution in [0.1, 0.15) is 40.0 Å². The Hall–Kier alpha value is -1.04. The minimum Gasteiger partial charge on any atom is -0.458 e. The van der Waals surface area contributed by atoms with Gasteiger partial charge >= 0.3 is 5.97 Å². The summed E-state index contributed by atoms with van der Waals surface area (Å²) >= 11 is 0. The summed E-state index contributed by atoms with van der Waals surface area (Å²) in [4.78, 5) is 11.8. The normalized spacial score (nSPS) is 43.4. The van der Waals surface area contributed by atoms with Crippen molar-refractivity contribution >= 4 is 5.97 Å². The number of nitrogens with zero attached hydrogens (tertiary/aromatic N) is 1. The minimum absolute atomic E-state index is 0.169. The van der Waals surface area contributed by atoms with Gasteiger partial charge in [-0.05, 0) is 19.8 Å². The summed E-state index contributed by atoms with van der Waals surface area (Å²) < 4.78 is 5.43. The molecule has 76 valence electrons. The molecule has 1 aliphatic heterocycles. The molecule has 0 aromatic carbocycles. The van der Waals surface area contributed by atoms with Gasteiger partial charge in [-0.15, -0.1) is 0 Å². The van der Waals surface area contributed by atoms with Crippen molar-refractivity contribution in [2.24, 2.45) is 10.8 Å². The number of fused-ring (bicyclic) bond motifs is 2.